The third-order valence-electron chi connectivity index (χ3n) is 2.30. The highest BCUT2D eigenvalue weighted by atomic mass is 16.1. The highest BCUT2D eigenvalue weighted by Gasteiger charge is 2.06. The highest BCUT2D eigenvalue weighted by Crippen LogP contribution is 2.24. The van der Waals surface area contributed by atoms with Gasteiger partial charge in [0, 0.05) is 24.1 Å². The van der Waals surface area contributed by atoms with E-state index in [0.717, 1.165) is 21.6 Å². The number of fused-ring (bicyclic) bond motifs is 1. The van der Waals surface area contributed by atoms with Gasteiger partial charge in [0.25, 0.3) is 0 Å². The van der Waals surface area contributed by atoms with Crippen molar-refractivity contribution < 1.29 is 4.79 Å². The Morgan fingerprint density at radius 3 is 2.93 bits per heavy atom. The lowest BCUT2D eigenvalue weighted by Gasteiger charge is -2.11. The molecule has 0 saturated heterocycles. The van der Waals surface area contributed by atoms with Crippen molar-refractivity contribution in [1.29, 1.82) is 0 Å². The van der Waals surface area contributed by atoms with Crippen LogP contribution in [0.2, 0.25) is 0 Å². The first kappa shape index (κ1) is 8.77. The van der Waals surface area contributed by atoms with Crippen molar-refractivity contribution in [3.05, 3.63) is 30.5 Å². The van der Waals surface area contributed by atoms with E-state index >= 15 is 0 Å². The molecule has 72 valence electrons. The molecule has 0 unspecified atom stereocenters. The van der Waals surface area contributed by atoms with Crippen LogP contribution in [0.15, 0.2) is 30.5 Å². The molecular formula is C10H11N3O. The summed E-state index contributed by atoms with van der Waals surface area (Å²) in [5, 5.41) is 2.06. The van der Waals surface area contributed by atoms with E-state index in [0.29, 0.717) is 6.41 Å². The van der Waals surface area contributed by atoms with Crippen LogP contribution in [0.5, 0.6) is 0 Å². The van der Waals surface area contributed by atoms with E-state index in [1.807, 2.05) is 42.1 Å². The summed E-state index contributed by atoms with van der Waals surface area (Å²) in [7, 11) is 1.95. The molecule has 0 spiro atoms. The molecule has 2 N–H and O–H groups in total. The Labute approximate surface area is 81.5 Å². The SMILES string of the molecule is Cn1ccc2c(N(N)C=O)cccc21. The molecule has 2 aromatic rings. The number of nitrogens with two attached hydrogens (primary N) is 1. The summed E-state index contributed by atoms with van der Waals surface area (Å²) in [6, 6.07) is 7.61. The molecule has 1 amide bonds. The summed E-state index contributed by atoms with van der Waals surface area (Å²) in [4.78, 5) is 10.5. The van der Waals surface area contributed by atoms with Gasteiger partial charge in [-0.05, 0) is 18.2 Å². The zero-order valence-electron chi connectivity index (χ0n) is 7.84. The van der Waals surface area contributed by atoms with Crippen LogP contribution in [0.25, 0.3) is 10.9 Å². The summed E-state index contributed by atoms with van der Waals surface area (Å²) >= 11 is 0. The van der Waals surface area contributed by atoms with Gasteiger partial charge in [0.2, 0.25) is 6.41 Å². The molecule has 1 aromatic carbocycles. The largest absolute Gasteiger partial charge is 0.350 e. The van der Waals surface area contributed by atoms with Crippen LogP contribution in [-0.4, -0.2) is 11.0 Å². The molecule has 2 rings (SSSR count). The second-order valence-electron chi connectivity index (χ2n) is 3.15. The fourth-order valence-corrected chi connectivity index (χ4v) is 1.57. The minimum absolute atomic E-state index is 0.599. The van der Waals surface area contributed by atoms with Crippen LogP contribution in [0.1, 0.15) is 0 Å². The number of carbonyl (C=O) groups excluding carboxylic acids is 1. The topological polar surface area (TPSA) is 51.3 Å². The second kappa shape index (κ2) is 3.16. The lowest BCUT2D eigenvalue weighted by Crippen LogP contribution is -2.28. The van der Waals surface area contributed by atoms with Crippen LogP contribution in [0.4, 0.5) is 5.69 Å². The Hall–Kier alpha value is -1.81. The average molecular weight is 189 g/mol. The summed E-state index contributed by atoms with van der Waals surface area (Å²) in [6.45, 7) is 0. The monoisotopic (exact) mass is 189 g/mol. The van der Waals surface area contributed by atoms with Gasteiger partial charge in [0.05, 0.1) is 5.69 Å². The van der Waals surface area contributed by atoms with Crippen LogP contribution in [0.3, 0.4) is 0 Å². The van der Waals surface area contributed by atoms with Crippen molar-refractivity contribution >= 4 is 23.0 Å². The number of hydrogen-bond donors (Lipinski definition) is 1. The third kappa shape index (κ3) is 1.16. The molecule has 1 heterocycles. The Morgan fingerprint density at radius 2 is 2.21 bits per heavy atom. The average Bonchev–Trinajstić information content (AvgIpc) is 2.59. The van der Waals surface area contributed by atoms with Crippen LogP contribution < -0.4 is 10.9 Å². The predicted molar refractivity (Wildman–Crippen MR) is 55.6 cm³/mol. The number of hydrogen-bond acceptors (Lipinski definition) is 2. The van der Waals surface area contributed by atoms with E-state index in [1.54, 1.807) is 0 Å². The molecule has 1 aromatic heterocycles. The normalized spacial score (nSPS) is 10.4. The lowest BCUT2D eigenvalue weighted by atomic mass is 10.2. The molecule has 0 saturated carbocycles. The number of benzene rings is 1. The minimum atomic E-state index is 0.599. The summed E-state index contributed by atoms with van der Waals surface area (Å²) in [6.07, 6.45) is 2.54. The van der Waals surface area contributed by atoms with Crippen LogP contribution in [-0.2, 0) is 11.8 Å². The van der Waals surface area contributed by atoms with Gasteiger partial charge < -0.3 is 4.57 Å². The quantitative estimate of drug-likeness (QED) is 0.332. The Kier molecular flexibility index (Phi) is 1.98. The Bertz CT molecular complexity index is 475. The molecule has 0 bridgehead atoms. The molecule has 0 radical (unpaired) electrons. The number of aryl methyl sites for hydroxylation is 1. The highest BCUT2D eigenvalue weighted by molar-refractivity contribution is 5.96. The maximum absolute atomic E-state index is 10.5. The van der Waals surface area contributed by atoms with Gasteiger partial charge >= 0.3 is 0 Å². The fraction of sp³-hybridized carbons (Fsp3) is 0.100. The third-order valence-corrected chi connectivity index (χ3v) is 2.30. The van der Waals surface area contributed by atoms with Gasteiger partial charge in [-0.1, -0.05) is 6.07 Å². The smallest absolute Gasteiger partial charge is 0.228 e. The number of rotatable bonds is 2. The number of hydrazine groups is 1. The zero-order valence-corrected chi connectivity index (χ0v) is 7.84. The van der Waals surface area contributed by atoms with E-state index in [-0.39, 0.29) is 0 Å². The van der Waals surface area contributed by atoms with Crippen LogP contribution >= 0.6 is 0 Å². The molecule has 4 nitrogen and oxygen atoms in total. The van der Waals surface area contributed by atoms with Crippen molar-refractivity contribution in [2.45, 2.75) is 0 Å². The maximum Gasteiger partial charge on any atom is 0.228 e. The zero-order chi connectivity index (χ0) is 10.1. The first-order valence-electron chi connectivity index (χ1n) is 4.27. The van der Waals surface area contributed by atoms with Gasteiger partial charge in [-0.2, -0.15) is 0 Å². The number of amides is 1. The molecule has 14 heavy (non-hydrogen) atoms. The molecular weight excluding hydrogens is 178 g/mol. The van der Waals surface area contributed by atoms with Gasteiger partial charge in [0.1, 0.15) is 0 Å². The van der Waals surface area contributed by atoms with E-state index in [1.165, 1.54) is 0 Å². The summed E-state index contributed by atoms with van der Waals surface area (Å²) in [5.41, 5.74) is 1.78. The van der Waals surface area contributed by atoms with Gasteiger partial charge in [-0.3, -0.25) is 9.80 Å². The van der Waals surface area contributed by atoms with Crippen molar-refractivity contribution in [2.24, 2.45) is 12.9 Å². The molecule has 0 aliphatic heterocycles. The molecule has 0 aliphatic carbocycles. The standard InChI is InChI=1S/C10H11N3O/c1-12-6-5-8-9(12)3-2-4-10(8)13(11)7-14/h2-7H,11H2,1H3. The number of anilines is 1. The van der Waals surface area contributed by atoms with Gasteiger partial charge in [0.15, 0.2) is 0 Å². The Morgan fingerprint density at radius 1 is 1.43 bits per heavy atom. The number of nitrogens with zero attached hydrogens (tertiary/aromatic N) is 2. The number of carbonyl (C=O) groups is 1. The van der Waals surface area contributed by atoms with Gasteiger partial charge in [-0.25, -0.2) is 5.84 Å². The Balaban J connectivity index is 2.71. The first-order chi connectivity index (χ1) is 6.74. The molecule has 4 heteroatoms. The van der Waals surface area contributed by atoms with E-state index < -0.39 is 0 Å². The first-order valence-corrected chi connectivity index (χ1v) is 4.27. The van der Waals surface area contributed by atoms with Crippen molar-refractivity contribution in [1.82, 2.24) is 4.57 Å². The number of aromatic nitrogens is 1. The van der Waals surface area contributed by atoms with Gasteiger partial charge in [-0.15, -0.1) is 0 Å². The second-order valence-corrected chi connectivity index (χ2v) is 3.15. The maximum atomic E-state index is 10.5. The molecule has 0 atom stereocenters. The van der Waals surface area contributed by atoms with E-state index in [4.69, 9.17) is 5.84 Å². The van der Waals surface area contributed by atoms with E-state index in [9.17, 15) is 4.79 Å². The van der Waals surface area contributed by atoms with Crippen molar-refractivity contribution in [3.8, 4) is 0 Å². The summed E-state index contributed by atoms with van der Waals surface area (Å²) < 4.78 is 1.98. The lowest BCUT2D eigenvalue weighted by molar-refractivity contribution is -0.107. The molecule has 0 aliphatic rings. The fourth-order valence-electron chi connectivity index (χ4n) is 1.57. The van der Waals surface area contributed by atoms with E-state index in [2.05, 4.69) is 0 Å². The van der Waals surface area contributed by atoms with Crippen molar-refractivity contribution in [3.63, 3.8) is 0 Å². The van der Waals surface area contributed by atoms with Crippen molar-refractivity contribution in [2.75, 3.05) is 5.01 Å². The minimum Gasteiger partial charge on any atom is -0.350 e. The molecule has 0 fully saturated rings. The predicted octanol–water partition coefficient (Wildman–Crippen LogP) is 1.01. The summed E-state index contributed by atoms with van der Waals surface area (Å²) in [5.74, 6) is 5.53. The van der Waals surface area contributed by atoms with Crippen LogP contribution in [0, 0.1) is 0 Å².